The number of carbonyl (C=O) groups excluding carboxylic acids is 3. The molecule has 0 N–H and O–H groups in total. The van der Waals surface area contributed by atoms with Gasteiger partial charge in [0, 0.05) is 45.8 Å². The minimum Gasteiger partial charge on any atom is -0.459 e. The van der Waals surface area contributed by atoms with E-state index in [-0.39, 0.29) is 18.3 Å². The first-order chi connectivity index (χ1) is 16.8. The Kier molecular flexibility index (Phi) is 5.93. The van der Waals surface area contributed by atoms with Crippen LogP contribution in [0.1, 0.15) is 16.1 Å². The summed E-state index contributed by atoms with van der Waals surface area (Å²) in [5.41, 5.74) is 0.435. The molecule has 4 heterocycles. The normalized spacial score (nSPS) is 21.1. The molecule has 5 rings (SSSR count). The van der Waals surface area contributed by atoms with E-state index in [1.54, 1.807) is 46.9 Å². The molecule has 1 unspecified atom stereocenters. The van der Waals surface area contributed by atoms with Crippen LogP contribution >= 0.6 is 0 Å². The maximum atomic E-state index is 14.5. The topological polar surface area (TPSA) is 92.7 Å². The Morgan fingerprint density at radius 1 is 1.09 bits per heavy atom. The number of amidine groups is 2. The highest BCUT2D eigenvalue weighted by Crippen LogP contribution is 2.22. The second-order valence-corrected chi connectivity index (χ2v) is 8.79. The summed E-state index contributed by atoms with van der Waals surface area (Å²) in [7, 11) is 3.02. The summed E-state index contributed by atoms with van der Waals surface area (Å²) < 4.78 is 21.5. The van der Waals surface area contributed by atoms with Gasteiger partial charge in [-0.3, -0.25) is 24.3 Å². The number of hydrogen-bond acceptors (Lipinski definition) is 6. The van der Waals surface area contributed by atoms with Crippen molar-refractivity contribution in [3.63, 3.8) is 0 Å². The molecule has 0 radical (unpaired) electrons. The Labute approximate surface area is 201 Å². The predicted molar refractivity (Wildman–Crippen MR) is 124 cm³/mol. The van der Waals surface area contributed by atoms with E-state index < -0.39 is 18.0 Å². The number of halogens is 1. The number of benzene rings is 1. The van der Waals surface area contributed by atoms with Crippen molar-refractivity contribution in [1.29, 1.82) is 0 Å². The third-order valence-corrected chi connectivity index (χ3v) is 6.67. The van der Waals surface area contributed by atoms with E-state index in [0.717, 1.165) is 4.90 Å². The van der Waals surface area contributed by atoms with Gasteiger partial charge in [-0.15, -0.1) is 0 Å². The lowest BCUT2D eigenvalue weighted by Gasteiger charge is -2.33. The number of furan rings is 1. The first-order valence-corrected chi connectivity index (χ1v) is 11.4. The van der Waals surface area contributed by atoms with Gasteiger partial charge in [-0.2, -0.15) is 0 Å². The highest BCUT2D eigenvalue weighted by atomic mass is 19.1. The van der Waals surface area contributed by atoms with E-state index in [2.05, 4.69) is 9.89 Å². The summed E-state index contributed by atoms with van der Waals surface area (Å²) in [5, 5.41) is 0. The summed E-state index contributed by atoms with van der Waals surface area (Å²) in [6.45, 7) is 2.76. The molecule has 1 aromatic heterocycles. The van der Waals surface area contributed by atoms with Gasteiger partial charge in [0.1, 0.15) is 18.9 Å². The Balaban J connectivity index is 1.38. The zero-order chi connectivity index (χ0) is 24.7. The molecule has 11 heteroatoms. The van der Waals surface area contributed by atoms with E-state index >= 15 is 0 Å². The number of carbonyl (C=O) groups is 3. The first-order valence-electron chi connectivity index (χ1n) is 11.4. The summed E-state index contributed by atoms with van der Waals surface area (Å²) in [5.74, 6) is 0.326. The van der Waals surface area contributed by atoms with E-state index in [1.165, 1.54) is 24.3 Å². The van der Waals surface area contributed by atoms with Crippen LogP contribution in [0.4, 0.5) is 9.18 Å². The summed E-state index contributed by atoms with van der Waals surface area (Å²) in [6.07, 6.45) is 1.48. The molecule has 1 aromatic carbocycles. The van der Waals surface area contributed by atoms with Gasteiger partial charge in [0.25, 0.3) is 23.7 Å². The zero-order valence-electron chi connectivity index (χ0n) is 19.6. The highest BCUT2D eigenvalue weighted by Gasteiger charge is 2.53. The number of imide groups is 1. The number of likely N-dealkylation sites (N-methyl/N-ethyl adjacent to an activating group) is 2. The quantitative estimate of drug-likeness (QED) is 0.597. The molecule has 0 saturated carbocycles. The smallest absolute Gasteiger partial charge is 0.333 e. The second kappa shape index (κ2) is 9.06. The Morgan fingerprint density at radius 3 is 2.51 bits per heavy atom. The number of rotatable bonds is 5. The van der Waals surface area contributed by atoms with Crippen LogP contribution in [0.2, 0.25) is 0 Å². The lowest BCUT2D eigenvalue weighted by atomic mass is 10.1. The van der Waals surface area contributed by atoms with Crippen molar-refractivity contribution in [3.05, 3.63) is 59.8 Å². The van der Waals surface area contributed by atoms with Crippen LogP contribution in [0.3, 0.4) is 0 Å². The SMILES string of the molecule is CN1C(=O)C2C(=NC(CN3CCN(C(=O)c4ccco4)CC3)=[N+]2Cc2ccccc2F)N(C)C1=O. The predicted octanol–water partition coefficient (Wildman–Crippen LogP) is 1.09. The average Bonchev–Trinajstić information content (AvgIpc) is 3.52. The largest absolute Gasteiger partial charge is 0.459 e. The highest BCUT2D eigenvalue weighted by molar-refractivity contribution is 6.23. The van der Waals surface area contributed by atoms with E-state index in [9.17, 15) is 18.8 Å². The molecule has 3 aliphatic heterocycles. The number of nitrogens with zero attached hydrogens (tertiary/aromatic N) is 6. The fourth-order valence-corrected chi connectivity index (χ4v) is 4.63. The van der Waals surface area contributed by atoms with Gasteiger partial charge in [-0.25, -0.2) is 13.8 Å². The molecule has 0 bridgehead atoms. The molecule has 2 aromatic rings. The number of fused-ring (bicyclic) bond motifs is 1. The molecule has 182 valence electrons. The lowest BCUT2D eigenvalue weighted by Crippen LogP contribution is -2.61. The van der Waals surface area contributed by atoms with Crippen molar-refractivity contribution in [1.82, 2.24) is 19.6 Å². The fraction of sp³-hybridized carbons (Fsp3) is 0.375. The average molecular weight is 482 g/mol. The van der Waals surface area contributed by atoms with Gasteiger partial charge in [0.05, 0.1) is 6.26 Å². The van der Waals surface area contributed by atoms with Crippen LogP contribution in [0.25, 0.3) is 0 Å². The van der Waals surface area contributed by atoms with Crippen LogP contribution < -0.4 is 0 Å². The number of aliphatic imine (C=N–C) groups is 1. The van der Waals surface area contributed by atoms with Crippen LogP contribution in [0.5, 0.6) is 0 Å². The van der Waals surface area contributed by atoms with Crippen molar-refractivity contribution in [2.24, 2.45) is 4.99 Å². The Morgan fingerprint density at radius 2 is 1.83 bits per heavy atom. The molecule has 35 heavy (non-hydrogen) atoms. The van der Waals surface area contributed by atoms with Gasteiger partial charge in [-0.05, 0) is 23.2 Å². The molecule has 0 spiro atoms. The molecule has 1 atom stereocenters. The number of amides is 4. The van der Waals surface area contributed by atoms with Crippen LogP contribution in [-0.4, -0.2) is 107 Å². The van der Waals surface area contributed by atoms with Gasteiger partial charge in [-0.1, -0.05) is 18.2 Å². The molecule has 2 saturated heterocycles. The second-order valence-electron chi connectivity index (χ2n) is 8.79. The third kappa shape index (κ3) is 4.12. The van der Waals surface area contributed by atoms with Crippen molar-refractivity contribution in [3.8, 4) is 0 Å². The summed E-state index contributed by atoms with van der Waals surface area (Å²) in [6, 6.07) is 8.49. The Hall–Kier alpha value is -3.86. The van der Waals surface area contributed by atoms with Crippen LogP contribution in [-0.2, 0) is 11.3 Å². The van der Waals surface area contributed by atoms with E-state index in [4.69, 9.17) is 4.42 Å². The van der Waals surface area contributed by atoms with Crippen molar-refractivity contribution < 1.29 is 27.8 Å². The minimum absolute atomic E-state index is 0.137. The molecule has 10 nitrogen and oxygen atoms in total. The molecule has 4 amide bonds. The van der Waals surface area contributed by atoms with Gasteiger partial charge in [0.15, 0.2) is 5.76 Å². The van der Waals surface area contributed by atoms with Crippen molar-refractivity contribution >= 4 is 29.5 Å². The molecular formula is C24H26FN6O4+. The maximum absolute atomic E-state index is 14.5. The number of hydrogen-bond donors (Lipinski definition) is 0. The monoisotopic (exact) mass is 481 g/mol. The number of urea groups is 1. The number of piperazine rings is 1. The third-order valence-electron chi connectivity index (χ3n) is 6.67. The standard InChI is InChI=1S/C24H26FN6O4/c1-27-21-20(23(33)28(2)24(27)34)31(14-16-6-3-4-7-17(16)25)19(26-21)15-29-9-11-30(12-10-29)22(32)18-8-5-13-35-18/h3-8,13,20H,9-12,14-15H2,1-2H3/q+1. The van der Waals surface area contributed by atoms with Crippen LogP contribution in [0.15, 0.2) is 52.1 Å². The van der Waals surface area contributed by atoms with Crippen LogP contribution in [0, 0.1) is 5.82 Å². The first kappa shape index (κ1) is 22.9. The fourth-order valence-electron chi connectivity index (χ4n) is 4.63. The maximum Gasteiger partial charge on any atom is 0.333 e. The van der Waals surface area contributed by atoms with Crippen molar-refractivity contribution in [2.75, 3.05) is 46.8 Å². The molecule has 2 fully saturated rings. The minimum atomic E-state index is -0.806. The summed E-state index contributed by atoms with van der Waals surface area (Å²) in [4.78, 5) is 49.2. The zero-order valence-corrected chi connectivity index (χ0v) is 19.6. The van der Waals surface area contributed by atoms with Gasteiger partial charge >= 0.3 is 11.9 Å². The van der Waals surface area contributed by atoms with Gasteiger partial charge < -0.3 is 9.32 Å². The molecule has 0 aliphatic carbocycles. The lowest BCUT2D eigenvalue weighted by molar-refractivity contribution is -0.552. The van der Waals surface area contributed by atoms with Gasteiger partial charge in [0.2, 0.25) is 0 Å². The van der Waals surface area contributed by atoms with E-state index in [0.29, 0.717) is 55.7 Å². The summed E-state index contributed by atoms with van der Waals surface area (Å²) >= 11 is 0. The van der Waals surface area contributed by atoms with Crippen molar-refractivity contribution in [2.45, 2.75) is 12.6 Å². The molecule has 3 aliphatic rings. The molecular weight excluding hydrogens is 455 g/mol. The van der Waals surface area contributed by atoms with E-state index in [1.807, 2.05) is 0 Å². The Bertz CT molecular complexity index is 1230.